The van der Waals surface area contributed by atoms with Crippen molar-refractivity contribution in [2.75, 3.05) is 10.6 Å². The average Bonchev–Trinajstić information content (AvgIpc) is 2.59. The van der Waals surface area contributed by atoms with Crippen LogP contribution in [0.15, 0.2) is 48.7 Å². The maximum Gasteiger partial charge on any atom is 0.249 e. The van der Waals surface area contributed by atoms with Crippen molar-refractivity contribution < 1.29 is 8.78 Å². The monoisotopic (exact) mass is 327 g/mol. The lowest BCUT2D eigenvalue weighted by Gasteiger charge is -2.08. The number of aromatic nitrogens is 3. The molecule has 1 heterocycles. The van der Waals surface area contributed by atoms with E-state index in [4.69, 9.17) is 0 Å². The van der Waals surface area contributed by atoms with Crippen LogP contribution in [0.25, 0.3) is 0 Å². The molecule has 0 atom stereocenters. The van der Waals surface area contributed by atoms with Gasteiger partial charge in [0.25, 0.3) is 0 Å². The third kappa shape index (κ3) is 3.81. The summed E-state index contributed by atoms with van der Waals surface area (Å²) in [5, 5.41) is 13.6. The fourth-order valence-corrected chi connectivity index (χ4v) is 2.09. The van der Waals surface area contributed by atoms with Crippen LogP contribution in [0.1, 0.15) is 12.5 Å². The van der Waals surface area contributed by atoms with E-state index in [1.54, 1.807) is 0 Å². The molecular formula is C17H15F2N5. The molecule has 0 aliphatic carbocycles. The van der Waals surface area contributed by atoms with Crippen molar-refractivity contribution in [1.82, 2.24) is 15.2 Å². The third-order valence-electron chi connectivity index (χ3n) is 3.37. The molecule has 7 heteroatoms. The van der Waals surface area contributed by atoms with Crippen molar-refractivity contribution >= 4 is 23.1 Å². The van der Waals surface area contributed by atoms with Crippen LogP contribution in [0, 0.1) is 11.6 Å². The topological polar surface area (TPSA) is 62.7 Å². The van der Waals surface area contributed by atoms with Crippen molar-refractivity contribution in [3.05, 3.63) is 65.9 Å². The molecule has 0 radical (unpaired) electrons. The number of hydrogen-bond acceptors (Lipinski definition) is 5. The molecule has 0 saturated heterocycles. The summed E-state index contributed by atoms with van der Waals surface area (Å²) < 4.78 is 26.2. The summed E-state index contributed by atoms with van der Waals surface area (Å²) in [5.41, 5.74) is 2.43. The Morgan fingerprint density at radius 3 is 2.38 bits per heavy atom. The minimum atomic E-state index is -0.934. The van der Waals surface area contributed by atoms with Gasteiger partial charge in [-0.15, -0.1) is 5.10 Å². The van der Waals surface area contributed by atoms with Gasteiger partial charge < -0.3 is 10.6 Å². The lowest BCUT2D eigenvalue weighted by Crippen LogP contribution is -2.02. The van der Waals surface area contributed by atoms with Crippen LogP contribution in [0.2, 0.25) is 0 Å². The molecule has 0 amide bonds. The lowest BCUT2D eigenvalue weighted by molar-refractivity contribution is 0.509. The first kappa shape index (κ1) is 15.8. The van der Waals surface area contributed by atoms with E-state index in [1.165, 1.54) is 17.8 Å². The number of benzene rings is 2. The van der Waals surface area contributed by atoms with E-state index in [0.29, 0.717) is 17.5 Å². The van der Waals surface area contributed by atoms with Gasteiger partial charge in [0.1, 0.15) is 0 Å². The van der Waals surface area contributed by atoms with E-state index in [-0.39, 0.29) is 0 Å². The van der Waals surface area contributed by atoms with E-state index < -0.39 is 11.6 Å². The Balaban J connectivity index is 1.74. The summed E-state index contributed by atoms with van der Waals surface area (Å²) in [4.78, 5) is 4.25. The Morgan fingerprint density at radius 2 is 1.67 bits per heavy atom. The largest absolute Gasteiger partial charge is 0.339 e. The van der Waals surface area contributed by atoms with Crippen LogP contribution in [0.4, 0.5) is 31.9 Å². The first-order valence-electron chi connectivity index (χ1n) is 7.42. The molecule has 0 fully saturated rings. The smallest absolute Gasteiger partial charge is 0.249 e. The van der Waals surface area contributed by atoms with Crippen molar-refractivity contribution in [3.63, 3.8) is 0 Å². The highest BCUT2D eigenvalue weighted by Crippen LogP contribution is 2.19. The average molecular weight is 327 g/mol. The zero-order valence-corrected chi connectivity index (χ0v) is 12.9. The number of halogens is 2. The Kier molecular flexibility index (Phi) is 4.60. The van der Waals surface area contributed by atoms with Gasteiger partial charge in [0.05, 0.1) is 6.20 Å². The van der Waals surface area contributed by atoms with Gasteiger partial charge in [-0.3, -0.25) is 0 Å². The SMILES string of the molecule is CCc1ccc(Nc2nncc(Nc3ccc(F)c(F)c3)n2)cc1. The van der Waals surface area contributed by atoms with Gasteiger partial charge >= 0.3 is 0 Å². The predicted molar refractivity (Wildman–Crippen MR) is 88.6 cm³/mol. The second-order valence-corrected chi connectivity index (χ2v) is 5.09. The molecule has 3 rings (SSSR count). The zero-order valence-electron chi connectivity index (χ0n) is 12.9. The van der Waals surface area contributed by atoms with E-state index in [0.717, 1.165) is 24.2 Å². The van der Waals surface area contributed by atoms with Gasteiger partial charge in [0.2, 0.25) is 5.95 Å². The van der Waals surface area contributed by atoms with Crippen molar-refractivity contribution in [2.45, 2.75) is 13.3 Å². The van der Waals surface area contributed by atoms with Crippen molar-refractivity contribution in [2.24, 2.45) is 0 Å². The number of nitrogens with zero attached hydrogens (tertiary/aromatic N) is 3. The minimum Gasteiger partial charge on any atom is -0.339 e. The highest BCUT2D eigenvalue weighted by Gasteiger charge is 2.05. The van der Waals surface area contributed by atoms with Gasteiger partial charge in [-0.05, 0) is 36.2 Å². The van der Waals surface area contributed by atoms with E-state index in [9.17, 15) is 8.78 Å². The third-order valence-corrected chi connectivity index (χ3v) is 3.37. The molecule has 24 heavy (non-hydrogen) atoms. The first-order chi connectivity index (χ1) is 11.6. The molecule has 2 aromatic carbocycles. The van der Waals surface area contributed by atoms with Crippen molar-refractivity contribution in [1.29, 1.82) is 0 Å². The molecule has 1 aromatic heterocycles. The molecule has 5 nitrogen and oxygen atoms in total. The Morgan fingerprint density at radius 1 is 0.917 bits per heavy atom. The second-order valence-electron chi connectivity index (χ2n) is 5.09. The Bertz CT molecular complexity index is 837. The predicted octanol–water partition coefficient (Wildman–Crippen LogP) is 4.20. The molecule has 0 saturated carbocycles. The normalized spacial score (nSPS) is 10.5. The first-order valence-corrected chi connectivity index (χ1v) is 7.42. The summed E-state index contributed by atoms with van der Waals surface area (Å²) in [6, 6.07) is 11.4. The molecule has 0 bridgehead atoms. The van der Waals surface area contributed by atoms with Crippen LogP contribution in [0.3, 0.4) is 0 Å². The summed E-state index contributed by atoms with van der Waals surface area (Å²) in [7, 11) is 0. The van der Waals surface area contributed by atoms with Gasteiger partial charge in [-0.1, -0.05) is 19.1 Å². The maximum atomic E-state index is 13.2. The summed E-state index contributed by atoms with van der Waals surface area (Å²) >= 11 is 0. The fourth-order valence-electron chi connectivity index (χ4n) is 2.09. The Hall–Kier alpha value is -3.09. The molecule has 0 spiro atoms. The Labute approximate surface area is 137 Å². The van der Waals surface area contributed by atoms with Gasteiger partial charge in [-0.25, -0.2) is 8.78 Å². The number of aryl methyl sites for hydroxylation is 1. The highest BCUT2D eigenvalue weighted by molar-refractivity contribution is 5.58. The molecular weight excluding hydrogens is 312 g/mol. The molecule has 122 valence electrons. The van der Waals surface area contributed by atoms with Gasteiger partial charge in [0.15, 0.2) is 17.5 Å². The maximum absolute atomic E-state index is 13.2. The van der Waals surface area contributed by atoms with E-state index in [1.807, 2.05) is 24.3 Å². The van der Waals surface area contributed by atoms with Crippen LogP contribution >= 0.6 is 0 Å². The van der Waals surface area contributed by atoms with Gasteiger partial charge in [0, 0.05) is 17.4 Å². The molecule has 0 aliphatic heterocycles. The summed E-state index contributed by atoms with van der Waals surface area (Å²) in [6.45, 7) is 2.09. The quantitative estimate of drug-likeness (QED) is 0.735. The van der Waals surface area contributed by atoms with Crippen LogP contribution in [-0.4, -0.2) is 15.2 Å². The molecule has 3 aromatic rings. The van der Waals surface area contributed by atoms with Crippen molar-refractivity contribution in [3.8, 4) is 0 Å². The molecule has 0 aliphatic rings. The van der Waals surface area contributed by atoms with E-state index in [2.05, 4.69) is 32.7 Å². The zero-order chi connectivity index (χ0) is 16.9. The highest BCUT2D eigenvalue weighted by atomic mass is 19.2. The molecule has 0 unspecified atom stereocenters. The van der Waals surface area contributed by atoms with Crippen LogP contribution in [0.5, 0.6) is 0 Å². The van der Waals surface area contributed by atoms with Crippen LogP contribution in [-0.2, 0) is 6.42 Å². The lowest BCUT2D eigenvalue weighted by atomic mass is 10.1. The van der Waals surface area contributed by atoms with E-state index >= 15 is 0 Å². The number of hydrogen-bond donors (Lipinski definition) is 2. The van der Waals surface area contributed by atoms with Gasteiger partial charge in [-0.2, -0.15) is 10.1 Å². The standard InChI is InChI=1S/C17H15F2N5/c1-2-11-3-5-12(6-4-11)22-17-23-16(10-20-24-17)21-13-7-8-14(18)15(19)9-13/h3-10H,2H2,1H3,(H2,21,22,23,24). The molecule has 2 N–H and O–H groups in total. The second kappa shape index (κ2) is 6.99. The van der Waals surface area contributed by atoms with Crippen LogP contribution < -0.4 is 10.6 Å². The number of anilines is 4. The number of rotatable bonds is 5. The summed E-state index contributed by atoms with van der Waals surface area (Å²) in [6.07, 6.45) is 2.36. The minimum absolute atomic E-state index is 0.298. The fraction of sp³-hybridized carbons (Fsp3) is 0.118. The number of nitrogens with one attached hydrogen (secondary N) is 2. The summed E-state index contributed by atoms with van der Waals surface area (Å²) in [5.74, 6) is -1.17.